The Kier molecular flexibility index (Phi) is 7.45. The molecule has 1 amide bonds. The highest BCUT2D eigenvalue weighted by Crippen LogP contribution is 2.35. The van der Waals surface area contributed by atoms with Crippen LogP contribution in [0.1, 0.15) is 23.9 Å². The van der Waals surface area contributed by atoms with Gasteiger partial charge in [-0.05, 0) is 74.9 Å². The molecule has 0 aliphatic carbocycles. The standard InChI is InChI=1S/C29H19F5N4O3S/c1-14-12-17(13-22-15(2)35-37(29(22)39)28-26(33)24(31)23(30)25(32)27(28)34)16(3)36(14)18-4-8-20(9-5-18)42-21-10-6-19(7-11-21)38(40)41/h4-13H,1-3H3/b22-13+. The summed E-state index contributed by atoms with van der Waals surface area (Å²) < 4.78 is 71.7. The van der Waals surface area contributed by atoms with Gasteiger partial charge in [-0.3, -0.25) is 14.9 Å². The first-order chi connectivity index (χ1) is 19.9. The van der Waals surface area contributed by atoms with Crippen molar-refractivity contribution in [3.8, 4) is 5.69 Å². The number of carbonyl (C=O) groups excluding carboxylic acids is 1. The van der Waals surface area contributed by atoms with Gasteiger partial charge in [0, 0.05) is 39.0 Å². The number of hydrogen-bond acceptors (Lipinski definition) is 5. The minimum atomic E-state index is -2.33. The van der Waals surface area contributed by atoms with Crippen molar-refractivity contribution in [3.63, 3.8) is 0 Å². The second-order valence-corrected chi connectivity index (χ2v) is 10.4. The number of carbonyl (C=O) groups is 1. The summed E-state index contributed by atoms with van der Waals surface area (Å²) in [5.41, 5.74) is 1.40. The maximum absolute atomic E-state index is 14.4. The first kappa shape index (κ1) is 28.7. The minimum absolute atomic E-state index is 0.00471. The van der Waals surface area contributed by atoms with E-state index in [-0.39, 0.29) is 22.0 Å². The van der Waals surface area contributed by atoms with Crippen molar-refractivity contribution in [3.05, 3.63) is 116 Å². The van der Waals surface area contributed by atoms with Crippen LogP contribution in [-0.2, 0) is 4.79 Å². The first-order valence-corrected chi connectivity index (χ1v) is 13.1. The summed E-state index contributed by atoms with van der Waals surface area (Å²) in [7, 11) is 0. The molecule has 0 spiro atoms. The van der Waals surface area contributed by atoms with E-state index in [4.69, 9.17) is 0 Å². The average Bonchev–Trinajstić information content (AvgIpc) is 3.40. The Morgan fingerprint density at radius 3 is 1.90 bits per heavy atom. The second-order valence-electron chi connectivity index (χ2n) is 9.29. The van der Waals surface area contributed by atoms with Crippen LogP contribution in [0.3, 0.4) is 0 Å². The summed E-state index contributed by atoms with van der Waals surface area (Å²) in [5, 5.41) is 14.8. The number of hydrogen-bond donors (Lipinski definition) is 0. The van der Waals surface area contributed by atoms with Gasteiger partial charge in [0.1, 0.15) is 5.69 Å². The number of aryl methyl sites for hydroxylation is 1. The number of halogens is 5. The third-order valence-electron chi connectivity index (χ3n) is 6.61. The van der Waals surface area contributed by atoms with Crippen LogP contribution in [0, 0.1) is 53.0 Å². The van der Waals surface area contributed by atoms with Gasteiger partial charge in [0.15, 0.2) is 23.3 Å². The number of nitro benzene ring substituents is 1. The van der Waals surface area contributed by atoms with E-state index >= 15 is 0 Å². The molecule has 13 heteroatoms. The summed E-state index contributed by atoms with van der Waals surface area (Å²) in [6, 6.07) is 15.5. The smallest absolute Gasteiger partial charge is 0.280 e. The normalized spacial score (nSPS) is 14.2. The summed E-state index contributed by atoms with van der Waals surface area (Å²) in [6.07, 6.45) is 1.45. The van der Waals surface area contributed by atoms with Crippen molar-refractivity contribution in [1.82, 2.24) is 4.57 Å². The SMILES string of the molecule is CC1=NN(c2c(F)c(F)c(F)c(F)c2F)C(=O)/C1=C/c1cc(C)n(-c2ccc(Sc3ccc([N+](=O)[O-])cc3)cc2)c1C. The lowest BCUT2D eigenvalue weighted by atomic mass is 10.1. The largest absolute Gasteiger partial charge is 0.318 e. The zero-order chi connectivity index (χ0) is 30.5. The Morgan fingerprint density at radius 1 is 0.833 bits per heavy atom. The van der Waals surface area contributed by atoms with E-state index < -0.39 is 45.6 Å². The van der Waals surface area contributed by atoms with Gasteiger partial charge in [0.2, 0.25) is 5.82 Å². The molecule has 0 fully saturated rings. The molecule has 0 radical (unpaired) electrons. The number of nitro groups is 1. The highest BCUT2D eigenvalue weighted by Gasteiger charge is 2.37. The molecule has 1 aliphatic rings. The van der Waals surface area contributed by atoms with E-state index in [1.807, 2.05) is 35.8 Å². The van der Waals surface area contributed by atoms with Gasteiger partial charge < -0.3 is 4.57 Å². The van der Waals surface area contributed by atoms with Gasteiger partial charge in [-0.25, -0.2) is 22.0 Å². The molecule has 0 N–H and O–H groups in total. The molecule has 0 saturated carbocycles. The van der Waals surface area contributed by atoms with Crippen LogP contribution >= 0.6 is 11.8 Å². The van der Waals surface area contributed by atoms with E-state index in [0.717, 1.165) is 21.2 Å². The van der Waals surface area contributed by atoms with E-state index in [2.05, 4.69) is 5.10 Å². The monoisotopic (exact) mass is 598 g/mol. The number of non-ortho nitro benzene ring substituents is 1. The molecule has 5 rings (SSSR count). The van der Waals surface area contributed by atoms with Crippen LogP contribution in [0.4, 0.5) is 33.3 Å². The molecule has 42 heavy (non-hydrogen) atoms. The first-order valence-electron chi connectivity index (χ1n) is 12.2. The van der Waals surface area contributed by atoms with E-state index in [9.17, 15) is 36.9 Å². The predicted molar refractivity (Wildman–Crippen MR) is 147 cm³/mol. The topological polar surface area (TPSA) is 80.7 Å². The van der Waals surface area contributed by atoms with Crippen molar-refractivity contribution >= 4 is 40.8 Å². The fraction of sp³-hybridized carbons (Fsp3) is 0.103. The molecule has 0 bridgehead atoms. The highest BCUT2D eigenvalue weighted by molar-refractivity contribution is 7.99. The van der Waals surface area contributed by atoms with Crippen LogP contribution in [-0.4, -0.2) is 21.1 Å². The maximum Gasteiger partial charge on any atom is 0.280 e. The molecular formula is C29H19F5N4O3S. The van der Waals surface area contributed by atoms with Gasteiger partial charge in [-0.1, -0.05) is 11.8 Å². The molecule has 2 heterocycles. The zero-order valence-corrected chi connectivity index (χ0v) is 22.9. The highest BCUT2D eigenvalue weighted by atomic mass is 32.2. The van der Waals surface area contributed by atoms with Crippen LogP contribution in [0.25, 0.3) is 11.8 Å². The van der Waals surface area contributed by atoms with Crippen molar-refractivity contribution in [2.24, 2.45) is 5.10 Å². The Labute approximate surface area is 239 Å². The van der Waals surface area contributed by atoms with Gasteiger partial charge in [0.25, 0.3) is 11.6 Å². The number of aromatic nitrogens is 1. The molecule has 214 valence electrons. The van der Waals surface area contributed by atoms with Crippen LogP contribution < -0.4 is 5.01 Å². The number of benzene rings is 3. The second kappa shape index (κ2) is 10.9. The maximum atomic E-state index is 14.4. The van der Waals surface area contributed by atoms with Crippen molar-refractivity contribution < 1.29 is 31.7 Å². The number of anilines is 1. The Hall–Kier alpha value is -4.78. The lowest BCUT2D eigenvalue weighted by Crippen LogP contribution is -2.25. The summed E-state index contributed by atoms with van der Waals surface area (Å²) in [4.78, 5) is 25.2. The number of rotatable bonds is 6. The van der Waals surface area contributed by atoms with Gasteiger partial charge in [-0.15, -0.1) is 0 Å². The molecule has 4 aromatic rings. The van der Waals surface area contributed by atoms with E-state index in [1.165, 1.54) is 36.9 Å². The number of hydrazone groups is 1. The number of amides is 1. The lowest BCUT2D eigenvalue weighted by Gasteiger charge is -2.15. The zero-order valence-electron chi connectivity index (χ0n) is 22.1. The fourth-order valence-electron chi connectivity index (χ4n) is 4.54. The van der Waals surface area contributed by atoms with Gasteiger partial charge in [0.05, 0.1) is 16.2 Å². The molecule has 3 aromatic carbocycles. The Morgan fingerprint density at radius 2 is 1.36 bits per heavy atom. The Bertz CT molecular complexity index is 1800. The van der Waals surface area contributed by atoms with Crippen molar-refractivity contribution in [2.45, 2.75) is 30.6 Å². The minimum Gasteiger partial charge on any atom is -0.318 e. The average molecular weight is 599 g/mol. The molecule has 0 saturated heterocycles. The third kappa shape index (κ3) is 4.96. The molecule has 7 nitrogen and oxygen atoms in total. The van der Waals surface area contributed by atoms with Gasteiger partial charge >= 0.3 is 0 Å². The van der Waals surface area contributed by atoms with Crippen LogP contribution in [0.15, 0.2) is 75.1 Å². The lowest BCUT2D eigenvalue weighted by molar-refractivity contribution is -0.384. The predicted octanol–water partition coefficient (Wildman–Crippen LogP) is 7.66. The number of nitrogens with zero attached hydrogens (tertiary/aromatic N) is 4. The van der Waals surface area contributed by atoms with E-state index in [0.29, 0.717) is 11.3 Å². The third-order valence-corrected chi connectivity index (χ3v) is 7.63. The summed E-state index contributed by atoms with van der Waals surface area (Å²) >= 11 is 1.43. The fourth-order valence-corrected chi connectivity index (χ4v) is 5.35. The van der Waals surface area contributed by atoms with Crippen molar-refractivity contribution in [2.75, 3.05) is 5.01 Å². The molecule has 1 aromatic heterocycles. The van der Waals surface area contributed by atoms with Crippen LogP contribution in [0.5, 0.6) is 0 Å². The molecule has 0 atom stereocenters. The Balaban J connectivity index is 1.42. The van der Waals surface area contributed by atoms with Crippen LogP contribution in [0.2, 0.25) is 0 Å². The van der Waals surface area contributed by atoms with E-state index in [1.54, 1.807) is 25.1 Å². The molecular weight excluding hydrogens is 579 g/mol. The summed E-state index contributed by atoms with van der Waals surface area (Å²) in [5.74, 6) is -12.1. The summed E-state index contributed by atoms with van der Waals surface area (Å²) in [6.45, 7) is 5.02. The van der Waals surface area contributed by atoms with Crippen molar-refractivity contribution in [1.29, 1.82) is 0 Å². The van der Waals surface area contributed by atoms with Gasteiger partial charge in [-0.2, -0.15) is 10.1 Å². The molecule has 0 unspecified atom stereocenters. The molecule has 1 aliphatic heterocycles. The quantitative estimate of drug-likeness (QED) is 0.0570.